The van der Waals surface area contributed by atoms with E-state index in [2.05, 4.69) is 29.0 Å². The molecule has 2 aromatic rings. The fourth-order valence-corrected chi connectivity index (χ4v) is 2.84. The van der Waals surface area contributed by atoms with Crippen LogP contribution in [-0.2, 0) is 16.1 Å². The third kappa shape index (κ3) is 2.23. The molecule has 0 saturated carbocycles. The molecule has 0 radical (unpaired) electrons. The van der Waals surface area contributed by atoms with Crippen LogP contribution < -0.4 is 0 Å². The second-order valence-electron chi connectivity index (χ2n) is 4.96. The van der Waals surface area contributed by atoms with Gasteiger partial charge in [0, 0.05) is 32.1 Å². The molecule has 2 heterocycles. The van der Waals surface area contributed by atoms with E-state index >= 15 is 0 Å². The Kier molecular flexibility index (Phi) is 3.56. The van der Waals surface area contributed by atoms with Crippen molar-refractivity contribution in [3.8, 4) is 0 Å². The van der Waals surface area contributed by atoms with Crippen molar-refractivity contribution in [1.29, 1.82) is 0 Å². The molecule has 0 spiro atoms. The molecule has 0 fully saturated rings. The second-order valence-corrected chi connectivity index (χ2v) is 4.96. The minimum atomic E-state index is -0.0254. The van der Waals surface area contributed by atoms with Gasteiger partial charge in [-0.05, 0) is 17.7 Å². The predicted octanol–water partition coefficient (Wildman–Crippen LogP) is 2.07. The first kappa shape index (κ1) is 12.9. The van der Waals surface area contributed by atoms with Crippen LogP contribution in [0.2, 0.25) is 0 Å². The van der Waals surface area contributed by atoms with Crippen LogP contribution in [0, 0.1) is 0 Å². The molecule has 0 aliphatic carbocycles. The topological polar surface area (TPSA) is 34.5 Å². The Balaban J connectivity index is 2.01. The number of hydrogen-bond acceptors (Lipinski definition) is 2. The first-order chi connectivity index (χ1) is 9.81. The maximum absolute atomic E-state index is 12.3. The third-order valence-corrected chi connectivity index (χ3v) is 3.74. The highest BCUT2D eigenvalue weighted by Crippen LogP contribution is 2.32. The van der Waals surface area contributed by atoms with Crippen molar-refractivity contribution in [3.63, 3.8) is 0 Å². The van der Waals surface area contributed by atoms with Gasteiger partial charge in [-0.1, -0.05) is 30.3 Å². The summed E-state index contributed by atoms with van der Waals surface area (Å²) >= 11 is 0. The average Bonchev–Trinajstić information content (AvgIpc) is 2.95. The van der Waals surface area contributed by atoms with Gasteiger partial charge in [0.05, 0.1) is 6.04 Å². The number of amides is 1. The molecule has 1 aliphatic rings. The lowest BCUT2D eigenvalue weighted by atomic mass is 10.00. The normalized spacial score (nSPS) is 17.9. The summed E-state index contributed by atoms with van der Waals surface area (Å²) < 4.78 is 7.23. The highest BCUT2D eigenvalue weighted by atomic mass is 16.5. The largest absolute Gasteiger partial charge is 0.375 e. The molecule has 1 atom stereocenters. The first-order valence-electron chi connectivity index (χ1n) is 6.79. The standard InChI is InChI=1S/C16H18N2O2/c1-20-12-15(19)18-11-10-17-9-5-8-14(17)16(18)13-6-3-2-4-7-13/h2-9,16H,10-12H2,1H3/t16-/m0/s1. The molecule has 20 heavy (non-hydrogen) atoms. The van der Waals surface area contributed by atoms with Gasteiger partial charge in [0.15, 0.2) is 0 Å². The summed E-state index contributed by atoms with van der Waals surface area (Å²) in [4.78, 5) is 14.2. The summed E-state index contributed by atoms with van der Waals surface area (Å²) in [6.45, 7) is 1.68. The number of benzene rings is 1. The van der Waals surface area contributed by atoms with Gasteiger partial charge < -0.3 is 14.2 Å². The van der Waals surface area contributed by atoms with Crippen molar-refractivity contribution < 1.29 is 9.53 Å². The number of methoxy groups -OCH3 is 1. The number of ether oxygens (including phenoxy) is 1. The predicted molar refractivity (Wildman–Crippen MR) is 76.3 cm³/mol. The van der Waals surface area contributed by atoms with Gasteiger partial charge in [0.2, 0.25) is 5.91 Å². The van der Waals surface area contributed by atoms with Gasteiger partial charge in [0.25, 0.3) is 0 Å². The van der Waals surface area contributed by atoms with E-state index in [1.54, 1.807) is 7.11 Å². The lowest BCUT2D eigenvalue weighted by Crippen LogP contribution is -2.43. The molecule has 0 N–H and O–H groups in total. The van der Waals surface area contributed by atoms with Crippen LogP contribution in [0.3, 0.4) is 0 Å². The van der Waals surface area contributed by atoms with E-state index < -0.39 is 0 Å². The van der Waals surface area contributed by atoms with Gasteiger partial charge in [-0.3, -0.25) is 4.79 Å². The molecule has 1 aromatic heterocycles. The van der Waals surface area contributed by atoms with E-state index in [0.717, 1.165) is 17.8 Å². The Labute approximate surface area is 118 Å². The third-order valence-electron chi connectivity index (χ3n) is 3.74. The van der Waals surface area contributed by atoms with Gasteiger partial charge in [0.1, 0.15) is 6.61 Å². The molecule has 1 aromatic carbocycles. The second kappa shape index (κ2) is 5.51. The molecule has 104 valence electrons. The van der Waals surface area contributed by atoms with E-state index in [9.17, 15) is 4.79 Å². The summed E-state index contributed by atoms with van der Waals surface area (Å²) in [5.74, 6) is 0.0359. The number of fused-ring (bicyclic) bond motifs is 1. The average molecular weight is 270 g/mol. The van der Waals surface area contributed by atoms with Crippen LogP contribution in [0.25, 0.3) is 0 Å². The maximum Gasteiger partial charge on any atom is 0.249 e. The van der Waals surface area contributed by atoms with Crippen LogP contribution in [0.4, 0.5) is 0 Å². The van der Waals surface area contributed by atoms with Crippen LogP contribution in [0.15, 0.2) is 48.7 Å². The van der Waals surface area contributed by atoms with Crippen LogP contribution >= 0.6 is 0 Å². The molecular weight excluding hydrogens is 252 g/mol. The highest BCUT2D eigenvalue weighted by Gasteiger charge is 2.31. The number of carbonyl (C=O) groups excluding carboxylic acids is 1. The molecule has 4 nitrogen and oxygen atoms in total. The Bertz CT molecular complexity index is 592. The fraction of sp³-hybridized carbons (Fsp3) is 0.312. The van der Waals surface area contributed by atoms with Crippen molar-refractivity contribution >= 4 is 5.91 Å². The van der Waals surface area contributed by atoms with Gasteiger partial charge in [-0.25, -0.2) is 0 Å². The molecule has 0 bridgehead atoms. The Morgan fingerprint density at radius 2 is 2.00 bits per heavy atom. The number of carbonyl (C=O) groups is 1. The summed E-state index contributed by atoms with van der Waals surface area (Å²) in [5.41, 5.74) is 2.29. The van der Waals surface area contributed by atoms with Crippen LogP contribution in [-0.4, -0.2) is 35.6 Å². The van der Waals surface area contributed by atoms with Crippen LogP contribution in [0.1, 0.15) is 17.3 Å². The molecular formula is C16H18N2O2. The lowest BCUT2D eigenvalue weighted by molar-refractivity contribution is -0.137. The molecule has 1 aliphatic heterocycles. The minimum absolute atomic E-state index is 0.0254. The Morgan fingerprint density at radius 1 is 1.20 bits per heavy atom. The van der Waals surface area contributed by atoms with E-state index in [1.165, 1.54) is 0 Å². The quantitative estimate of drug-likeness (QED) is 0.855. The first-order valence-corrected chi connectivity index (χ1v) is 6.79. The summed E-state index contributed by atoms with van der Waals surface area (Å²) in [6.07, 6.45) is 2.07. The van der Waals surface area contributed by atoms with E-state index in [4.69, 9.17) is 4.74 Å². The number of rotatable bonds is 3. The monoisotopic (exact) mass is 270 g/mol. The molecule has 0 saturated heterocycles. The summed E-state index contributed by atoms with van der Waals surface area (Å²) in [6, 6.07) is 14.3. The molecule has 4 heteroatoms. The number of nitrogens with zero attached hydrogens (tertiary/aromatic N) is 2. The van der Waals surface area contributed by atoms with Gasteiger partial charge in [-0.2, -0.15) is 0 Å². The number of hydrogen-bond donors (Lipinski definition) is 0. The van der Waals surface area contributed by atoms with Crippen molar-refractivity contribution in [2.45, 2.75) is 12.6 Å². The van der Waals surface area contributed by atoms with Crippen LogP contribution in [0.5, 0.6) is 0 Å². The van der Waals surface area contributed by atoms with Gasteiger partial charge >= 0.3 is 0 Å². The van der Waals surface area contributed by atoms with Gasteiger partial charge in [-0.15, -0.1) is 0 Å². The smallest absolute Gasteiger partial charge is 0.249 e. The summed E-state index contributed by atoms with van der Waals surface area (Å²) in [7, 11) is 1.56. The Morgan fingerprint density at radius 3 is 2.75 bits per heavy atom. The van der Waals surface area contributed by atoms with Crippen molar-refractivity contribution in [3.05, 3.63) is 59.9 Å². The lowest BCUT2D eigenvalue weighted by Gasteiger charge is -2.37. The zero-order valence-corrected chi connectivity index (χ0v) is 11.5. The highest BCUT2D eigenvalue weighted by molar-refractivity contribution is 5.78. The molecule has 3 rings (SSSR count). The van der Waals surface area contributed by atoms with Crippen molar-refractivity contribution in [1.82, 2.24) is 9.47 Å². The zero-order valence-electron chi connectivity index (χ0n) is 11.5. The fourth-order valence-electron chi connectivity index (χ4n) is 2.84. The van der Waals surface area contributed by atoms with Crippen molar-refractivity contribution in [2.75, 3.05) is 20.3 Å². The summed E-state index contributed by atoms with van der Waals surface area (Å²) in [5, 5.41) is 0. The van der Waals surface area contributed by atoms with E-state index in [1.807, 2.05) is 29.2 Å². The number of aromatic nitrogens is 1. The Hall–Kier alpha value is -2.07. The SMILES string of the molecule is COCC(=O)N1CCn2cccc2[C@@H]1c1ccccc1. The van der Waals surface area contributed by atoms with Crippen molar-refractivity contribution in [2.24, 2.45) is 0 Å². The van der Waals surface area contributed by atoms with E-state index in [0.29, 0.717) is 6.54 Å². The molecule has 1 amide bonds. The maximum atomic E-state index is 12.3. The zero-order chi connectivity index (χ0) is 13.9. The molecule has 0 unspecified atom stereocenters. The van der Waals surface area contributed by atoms with E-state index in [-0.39, 0.29) is 18.6 Å². The minimum Gasteiger partial charge on any atom is -0.375 e.